The Morgan fingerprint density at radius 1 is 0.944 bits per heavy atom. The van der Waals surface area contributed by atoms with E-state index in [4.69, 9.17) is 9.47 Å². The molecule has 1 aliphatic heterocycles. The van der Waals surface area contributed by atoms with Gasteiger partial charge in [0.15, 0.2) is 5.60 Å². The first-order chi connectivity index (χ1) is 17.6. The lowest BCUT2D eigenvalue weighted by molar-refractivity contribution is -0.184. The van der Waals surface area contributed by atoms with E-state index in [9.17, 15) is 4.79 Å². The van der Waals surface area contributed by atoms with E-state index in [-0.39, 0.29) is 18.5 Å². The molecule has 2 aromatic carbocycles. The Hall–Kier alpha value is -1.91. The molecule has 6 heteroatoms. The highest BCUT2D eigenvalue weighted by atomic mass is 32.2. The van der Waals surface area contributed by atoms with Crippen molar-refractivity contribution in [2.24, 2.45) is 5.92 Å². The number of carbonyl (C=O) groups excluding carboxylic acids is 1. The summed E-state index contributed by atoms with van der Waals surface area (Å²) in [5, 5.41) is 0. The Morgan fingerprint density at radius 3 is 2.33 bits per heavy atom. The summed E-state index contributed by atoms with van der Waals surface area (Å²) < 4.78 is 12.5. The van der Waals surface area contributed by atoms with E-state index in [1.807, 2.05) is 6.92 Å². The summed E-state index contributed by atoms with van der Waals surface area (Å²) in [7, 11) is 0. The van der Waals surface area contributed by atoms with E-state index in [0.29, 0.717) is 13.2 Å². The molecule has 0 saturated heterocycles. The van der Waals surface area contributed by atoms with Gasteiger partial charge in [0, 0.05) is 31.1 Å². The summed E-state index contributed by atoms with van der Waals surface area (Å²) in [6.45, 7) is 9.32. The summed E-state index contributed by atoms with van der Waals surface area (Å²) >= 11 is 3.50. The second kappa shape index (κ2) is 13.1. The molecule has 0 aromatic heterocycles. The summed E-state index contributed by atoms with van der Waals surface area (Å²) in [6, 6.07) is 14.7. The number of hydrogen-bond donors (Lipinski definition) is 0. The molecular weight excluding hydrogens is 486 g/mol. The van der Waals surface area contributed by atoms with Gasteiger partial charge in [0.05, 0.1) is 13.2 Å². The number of carbonyl (C=O) groups is 1. The molecule has 36 heavy (non-hydrogen) atoms. The van der Waals surface area contributed by atoms with Crippen LogP contribution in [0.2, 0.25) is 0 Å². The largest absolute Gasteiger partial charge is 0.464 e. The van der Waals surface area contributed by atoms with Crippen LogP contribution in [0.5, 0.6) is 0 Å². The number of fused-ring (bicyclic) bond motifs is 2. The van der Waals surface area contributed by atoms with Gasteiger partial charge in [-0.1, -0.05) is 92.7 Å². The van der Waals surface area contributed by atoms with E-state index in [1.54, 1.807) is 23.5 Å². The van der Waals surface area contributed by atoms with Crippen LogP contribution in [0.1, 0.15) is 58.4 Å². The first-order valence-corrected chi connectivity index (χ1v) is 14.8. The van der Waals surface area contributed by atoms with E-state index >= 15 is 0 Å². The molecule has 1 unspecified atom stereocenters. The van der Waals surface area contributed by atoms with Gasteiger partial charge >= 0.3 is 5.97 Å². The third-order valence-electron chi connectivity index (χ3n) is 7.11. The van der Waals surface area contributed by atoms with E-state index in [0.717, 1.165) is 54.1 Å². The lowest BCUT2D eigenvalue weighted by Crippen LogP contribution is -2.48. The minimum Gasteiger partial charge on any atom is -0.464 e. The van der Waals surface area contributed by atoms with Crippen molar-refractivity contribution in [3.05, 3.63) is 48.0 Å². The molecule has 2 aliphatic rings. The monoisotopic (exact) mass is 523 g/mol. The molecule has 2 aromatic rings. The zero-order valence-corrected chi connectivity index (χ0v) is 23.3. The molecule has 0 spiro atoms. The lowest BCUT2D eigenvalue weighted by Gasteiger charge is -2.41. The second-order valence-corrected chi connectivity index (χ2v) is 11.3. The van der Waals surface area contributed by atoms with Gasteiger partial charge in [-0.3, -0.25) is 4.90 Å². The Kier molecular flexibility index (Phi) is 9.84. The molecule has 1 atom stereocenters. The standard InChI is InChI=1S/C30H37NO3S2/c1-4-31(5-2)21-12-13-22-34-30(29(32)33-6-3,23-15-8-7-9-16-23)24-17-14-20-27-28(24)36-26-19-11-10-18-25(26)35-27/h10-11,14,17-20,23H,4-9,15-16,21-22H2,1-3H3. The molecule has 0 amide bonds. The zero-order chi connectivity index (χ0) is 25.4. The van der Waals surface area contributed by atoms with Crippen LogP contribution in [0.4, 0.5) is 0 Å². The average Bonchev–Trinajstić information content (AvgIpc) is 2.92. The zero-order valence-electron chi connectivity index (χ0n) is 21.7. The van der Waals surface area contributed by atoms with E-state index in [2.05, 4.69) is 73.1 Å². The average molecular weight is 524 g/mol. The van der Waals surface area contributed by atoms with Gasteiger partial charge in [-0.15, -0.1) is 0 Å². The SMILES string of the molecule is CCOC(=O)C(OCC#CCN(CC)CC)(c1cccc2c1Sc1ccccc1S2)C1CCCCC1. The molecule has 0 N–H and O–H groups in total. The normalized spacial score (nSPS) is 16.9. The van der Waals surface area contributed by atoms with Crippen LogP contribution < -0.4 is 0 Å². The Bertz CT molecular complexity index is 1100. The van der Waals surface area contributed by atoms with E-state index < -0.39 is 5.60 Å². The maximum atomic E-state index is 13.9. The highest BCUT2D eigenvalue weighted by Gasteiger charge is 2.51. The van der Waals surface area contributed by atoms with Crippen molar-refractivity contribution in [3.63, 3.8) is 0 Å². The number of hydrogen-bond acceptors (Lipinski definition) is 6. The van der Waals surface area contributed by atoms with Crippen LogP contribution in [-0.2, 0) is 19.9 Å². The molecule has 0 bridgehead atoms. The fourth-order valence-corrected chi connectivity index (χ4v) is 7.59. The van der Waals surface area contributed by atoms with Crippen LogP contribution in [0.15, 0.2) is 62.0 Å². The van der Waals surface area contributed by atoms with Crippen molar-refractivity contribution in [1.29, 1.82) is 0 Å². The van der Waals surface area contributed by atoms with Crippen molar-refractivity contribution in [2.45, 2.75) is 78.1 Å². The van der Waals surface area contributed by atoms with Crippen LogP contribution in [0, 0.1) is 17.8 Å². The minimum absolute atomic E-state index is 0.0594. The van der Waals surface area contributed by atoms with Crippen molar-refractivity contribution in [2.75, 3.05) is 32.8 Å². The Balaban J connectivity index is 1.75. The topological polar surface area (TPSA) is 38.8 Å². The van der Waals surface area contributed by atoms with Gasteiger partial charge in [-0.2, -0.15) is 0 Å². The van der Waals surface area contributed by atoms with Gasteiger partial charge < -0.3 is 9.47 Å². The molecule has 4 nitrogen and oxygen atoms in total. The third kappa shape index (κ3) is 5.81. The molecule has 1 saturated carbocycles. The highest BCUT2D eigenvalue weighted by molar-refractivity contribution is 8.05. The number of nitrogens with zero attached hydrogens (tertiary/aromatic N) is 1. The van der Waals surface area contributed by atoms with E-state index in [1.165, 1.54) is 16.2 Å². The van der Waals surface area contributed by atoms with Crippen LogP contribution >= 0.6 is 23.5 Å². The summed E-state index contributed by atoms with van der Waals surface area (Å²) in [5.41, 5.74) is -0.228. The second-order valence-electron chi connectivity index (χ2n) is 9.18. The minimum atomic E-state index is -1.16. The fraction of sp³-hybridized carbons (Fsp3) is 0.500. The molecule has 1 heterocycles. The first-order valence-electron chi connectivity index (χ1n) is 13.2. The predicted octanol–water partition coefficient (Wildman–Crippen LogP) is 7.00. The van der Waals surface area contributed by atoms with Crippen molar-refractivity contribution in [3.8, 4) is 11.8 Å². The predicted molar refractivity (Wildman–Crippen MR) is 148 cm³/mol. The number of esters is 1. The van der Waals surface area contributed by atoms with Crippen molar-refractivity contribution < 1.29 is 14.3 Å². The first kappa shape index (κ1) is 27.1. The van der Waals surface area contributed by atoms with Gasteiger partial charge in [0.25, 0.3) is 0 Å². The van der Waals surface area contributed by atoms with Crippen molar-refractivity contribution in [1.82, 2.24) is 4.90 Å². The molecule has 0 radical (unpaired) electrons. The van der Waals surface area contributed by atoms with Crippen LogP contribution in [-0.4, -0.2) is 43.7 Å². The maximum absolute atomic E-state index is 13.9. The van der Waals surface area contributed by atoms with Gasteiger partial charge in [-0.25, -0.2) is 4.79 Å². The maximum Gasteiger partial charge on any atom is 0.343 e. The van der Waals surface area contributed by atoms with Gasteiger partial charge in [-0.05, 0) is 51.1 Å². The summed E-state index contributed by atoms with van der Waals surface area (Å²) in [5.74, 6) is 6.24. The quantitative estimate of drug-likeness (QED) is 0.222. The lowest BCUT2D eigenvalue weighted by atomic mass is 9.73. The Morgan fingerprint density at radius 2 is 1.64 bits per heavy atom. The smallest absolute Gasteiger partial charge is 0.343 e. The number of rotatable bonds is 9. The Labute approximate surface area is 224 Å². The molecule has 1 aliphatic carbocycles. The summed E-state index contributed by atoms with van der Waals surface area (Å²) in [4.78, 5) is 20.9. The molecule has 1 fully saturated rings. The highest BCUT2D eigenvalue weighted by Crippen LogP contribution is 2.54. The third-order valence-corrected chi connectivity index (χ3v) is 9.73. The molecule has 192 valence electrons. The van der Waals surface area contributed by atoms with Gasteiger partial charge in [0.2, 0.25) is 0 Å². The fourth-order valence-electron chi connectivity index (χ4n) is 5.16. The van der Waals surface area contributed by atoms with Crippen LogP contribution in [0.3, 0.4) is 0 Å². The number of ether oxygens (including phenoxy) is 2. The molecule has 4 rings (SSSR count). The molecular formula is C30H37NO3S2. The van der Waals surface area contributed by atoms with Gasteiger partial charge in [0.1, 0.15) is 6.61 Å². The number of benzene rings is 2. The van der Waals surface area contributed by atoms with Crippen molar-refractivity contribution >= 4 is 29.5 Å². The summed E-state index contributed by atoms with van der Waals surface area (Å²) in [6.07, 6.45) is 5.29. The van der Waals surface area contributed by atoms with Crippen LogP contribution in [0.25, 0.3) is 0 Å².